The number of nitrogens with two attached hydrogens (primary N) is 1. The number of benzene rings is 1. The Balaban J connectivity index is 2.34. The standard InChI is InChI=1S/C15H22FN/c1-11-9-12(5-6-13(11)16)15(17)8-4-7-14(2,3)10-15/h5-6,9H,4,7-8,10,17H2,1-3H3. The van der Waals surface area contributed by atoms with E-state index in [1.54, 1.807) is 13.0 Å². The molecule has 1 atom stereocenters. The van der Waals surface area contributed by atoms with E-state index in [2.05, 4.69) is 13.8 Å². The van der Waals surface area contributed by atoms with E-state index in [9.17, 15) is 4.39 Å². The minimum atomic E-state index is -0.278. The molecule has 1 aromatic rings. The van der Waals surface area contributed by atoms with Gasteiger partial charge in [0.25, 0.3) is 0 Å². The van der Waals surface area contributed by atoms with Crippen LogP contribution in [-0.4, -0.2) is 0 Å². The third kappa shape index (κ3) is 2.52. The molecular weight excluding hydrogens is 213 g/mol. The maximum atomic E-state index is 13.3. The lowest BCUT2D eigenvalue weighted by molar-refractivity contribution is 0.151. The van der Waals surface area contributed by atoms with Gasteiger partial charge in [0, 0.05) is 5.54 Å². The molecule has 1 fully saturated rings. The first kappa shape index (κ1) is 12.6. The Morgan fingerprint density at radius 3 is 2.53 bits per heavy atom. The van der Waals surface area contributed by atoms with Gasteiger partial charge < -0.3 is 5.73 Å². The quantitative estimate of drug-likeness (QED) is 0.785. The maximum Gasteiger partial charge on any atom is 0.126 e. The summed E-state index contributed by atoms with van der Waals surface area (Å²) in [6, 6.07) is 5.31. The van der Waals surface area contributed by atoms with Crippen molar-refractivity contribution in [2.24, 2.45) is 11.1 Å². The number of rotatable bonds is 1. The number of aryl methyl sites for hydroxylation is 1. The summed E-state index contributed by atoms with van der Waals surface area (Å²) < 4.78 is 13.3. The molecule has 0 spiro atoms. The largest absolute Gasteiger partial charge is 0.321 e. The van der Waals surface area contributed by atoms with Crippen LogP contribution in [0.3, 0.4) is 0 Å². The van der Waals surface area contributed by atoms with E-state index >= 15 is 0 Å². The highest BCUT2D eigenvalue weighted by atomic mass is 19.1. The zero-order chi connectivity index (χ0) is 12.7. The summed E-state index contributed by atoms with van der Waals surface area (Å²) in [6.07, 6.45) is 4.36. The first-order valence-corrected chi connectivity index (χ1v) is 6.38. The number of hydrogen-bond donors (Lipinski definition) is 1. The van der Waals surface area contributed by atoms with E-state index in [1.165, 1.54) is 6.42 Å². The van der Waals surface area contributed by atoms with Crippen LogP contribution in [0.25, 0.3) is 0 Å². The van der Waals surface area contributed by atoms with Crippen molar-refractivity contribution in [1.82, 2.24) is 0 Å². The predicted octanol–water partition coefficient (Wildman–Crippen LogP) is 3.89. The molecule has 94 valence electrons. The maximum absolute atomic E-state index is 13.3. The molecule has 0 aliphatic heterocycles. The van der Waals surface area contributed by atoms with Crippen molar-refractivity contribution in [2.75, 3.05) is 0 Å². The van der Waals surface area contributed by atoms with Crippen molar-refractivity contribution in [3.63, 3.8) is 0 Å². The molecule has 0 saturated heterocycles. The highest BCUT2D eigenvalue weighted by Gasteiger charge is 2.38. The Bertz CT molecular complexity index is 425. The molecule has 2 rings (SSSR count). The lowest BCUT2D eigenvalue weighted by atomic mass is 9.66. The Kier molecular flexibility index (Phi) is 3.03. The Morgan fingerprint density at radius 1 is 1.24 bits per heavy atom. The number of hydrogen-bond acceptors (Lipinski definition) is 1. The molecule has 1 nitrogen and oxygen atoms in total. The average molecular weight is 235 g/mol. The first-order chi connectivity index (χ1) is 7.82. The summed E-state index contributed by atoms with van der Waals surface area (Å²) in [4.78, 5) is 0. The SMILES string of the molecule is Cc1cc(C2(N)CCCC(C)(C)C2)ccc1F. The molecule has 0 bridgehead atoms. The lowest BCUT2D eigenvalue weighted by Gasteiger charge is -2.43. The van der Waals surface area contributed by atoms with Crippen molar-refractivity contribution >= 4 is 0 Å². The zero-order valence-electron chi connectivity index (χ0n) is 11.0. The van der Waals surface area contributed by atoms with Crippen LogP contribution < -0.4 is 5.73 Å². The molecule has 1 unspecified atom stereocenters. The molecule has 1 aliphatic rings. The van der Waals surface area contributed by atoms with Crippen LogP contribution in [0.1, 0.15) is 50.7 Å². The van der Waals surface area contributed by atoms with Gasteiger partial charge in [-0.1, -0.05) is 32.4 Å². The van der Waals surface area contributed by atoms with Gasteiger partial charge >= 0.3 is 0 Å². The molecule has 2 heteroatoms. The van der Waals surface area contributed by atoms with E-state index in [4.69, 9.17) is 5.73 Å². The minimum Gasteiger partial charge on any atom is -0.321 e. The summed E-state index contributed by atoms with van der Waals surface area (Å²) in [5.74, 6) is -0.146. The van der Waals surface area contributed by atoms with Gasteiger partial charge in [-0.2, -0.15) is 0 Å². The van der Waals surface area contributed by atoms with Gasteiger partial charge in [0.15, 0.2) is 0 Å². The van der Waals surface area contributed by atoms with Crippen molar-refractivity contribution in [3.05, 3.63) is 35.1 Å². The number of halogens is 1. The highest BCUT2D eigenvalue weighted by Crippen LogP contribution is 2.44. The third-order valence-electron chi connectivity index (χ3n) is 4.00. The molecule has 1 aliphatic carbocycles. The molecule has 1 saturated carbocycles. The molecule has 0 radical (unpaired) electrons. The molecule has 1 aromatic carbocycles. The van der Waals surface area contributed by atoms with Crippen LogP contribution in [0.15, 0.2) is 18.2 Å². The van der Waals surface area contributed by atoms with Gasteiger partial charge in [-0.3, -0.25) is 0 Å². The molecule has 0 heterocycles. The van der Waals surface area contributed by atoms with Crippen LogP contribution in [0.5, 0.6) is 0 Å². The zero-order valence-corrected chi connectivity index (χ0v) is 11.0. The summed E-state index contributed by atoms with van der Waals surface area (Å²) in [6.45, 7) is 6.34. The second-order valence-corrected chi connectivity index (χ2v) is 6.31. The second kappa shape index (κ2) is 4.09. The molecular formula is C15H22FN. The van der Waals surface area contributed by atoms with Crippen LogP contribution in [-0.2, 0) is 5.54 Å². The Hall–Kier alpha value is -0.890. The highest BCUT2D eigenvalue weighted by molar-refractivity contribution is 5.30. The fraction of sp³-hybridized carbons (Fsp3) is 0.600. The monoisotopic (exact) mass is 235 g/mol. The third-order valence-corrected chi connectivity index (χ3v) is 4.00. The summed E-state index contributed by atoms with van der Waals surface area (Å²) >= 11 is 0. The van der Waals surface area contributed by atoms with Crippen LogP contribution >= 0.6 is 0 Å². The Labute approximate surface area is 103 Å². The van der Waals surface area contributed by atoms with Crippen LogP contribution in [0, 0.1) is 18.2 Å². The second-order valence-electron chi connectivity index (χ2n) is 6.31. The first-order valence-electron chi connectivity index (χ1n) is 6.38. The summed E-state index contributed by atoms with van der Waals surface area (Å²) in [7, 11) is 0. The van der Waals surface area contributed by atoms with Gasteiger partial charge in [-0.25, -0.2) is 4.39 Å². The van der Waals surface area contributed by atoms with Crippen molar-refractivity contribution in [3.8, 4) is 0 Å². The summed E-state index contributed by atoms with van der Waals surface area (Å²) in [5.41, 5.74) is 8.34. The van der Waals surface area contributed by atoms with E-state index < -0.39 is 0 Å². The fourth-order valence-electron chi connectivity index (χ4n) is 3.11. The topological polar surface area (TPSA) is 26.0 Å². The predicted molar refractivity (Wildman–Crippen MR) is 69.3 cm³/mol. The smallest absolute Gasteiger partial charge is 0.126 e. The summed E-state index contributed by atoms with van der Waals surface area (Å²) in [5, 5.41) is 0. The normalized spacial score (nSPS) is 28.1. The van der Waals surface area contributed by atoms with Gasteiger partial charge in [-0.15, -0.1) is 0 Å². The fourth-order valence-corrected chi connectivity index (χ4v) is 3.11. The van der Waals surface area contributed by atoms with E-state index in [0.717, 1.165) is 24.8 Å². The average Bonchev–Trinajstić information content (AvgIpc) is 2.20. The van der Waals surface area contributed by atoms with Gasteiger partial charge in [0.1, 0.15) is 5.82 Å². The van der Waals surface area contributed by atoms with Gasteiger partial charge in [0.2, 0.25) is 0 Å². The van der Waals surface area contributed by atoms with Crippen molar-refractivity contribution in [1.29, 1.82) is 0 Å². The lowest BCUT2D eigenvalue weighted by Crippen LogP contribution is -2.44. The van der Waals surface area contributed by atoms with Crippen LogP contribution in [0.4, 0.5) is 4.39 Å². The molecule has 0 aromatic heterocycles. The van der Waals surface area contributed by atoms with Crippen molar-refractivity contribution in [2.45, 2.75) is 52.0 Å². The van der Waals surface area contributed by atoms with E-state index in [1.807, 2.05) is 12.1 Å². The van der Waals surface area contributed by atoms with E-state index in [0.29, 0.717) is 5.56 Å². The van der Waals surface area contributed by atoms with E-state index in [-0.39, 0.29) is 16.8 Å². The van der Waals surface area contributed by atoms with Crippen LogP contribution in [0.2, 0.25) is 0 Å². The molecule has 2 N–H and O–H groups in total. The Morgan fingerprint density at radius 2 is 1.94 bits per heavy atom. The van der Waals surface area contributed by atoms with Gasteiger partial charge in [-0.05, 0) is 48.8 Å². The molecule has 17 heavy (non-hydrogen) atoms. The minimum absolute atomic E-state index is 0.146. The molecule has 0 amide bonds. The van der Waals surface area contributed by atoms with Gasteiger partial charge in [0.05, 0.1) is 0 Å². The van der Waals surface area contributed by atoms with Crippen molar-refractivity contribution < 1.29 is 4.39 Å².